The minimum atomic E-state index is -4.30. The van der Waals surface area contributed by atoms with Gasteiger partial charge in [-0.25, -0.2) is 0 Å². The van der Waals surface area contributed by atoms with E-state index >= 15 is 0 Å². The number of piperidine rings is 1. The summed E-state index contributed by atoms with van der Waals surface area (Å²) in [5, 5.41) is 4.34. The number of benzene rings is 2. The topological polar surface area (TPSA) is 15.3 Å². The van der Waals surface area contributed by atoms with Crippen molar-refractivity contribution in [2.45, 2.75) is 37.3 Å². The molecule has 1 aliphatic heterocycles. The van der Waals surface area contributed by atoms with Crippen molar-refractivity contribution < 1.29 is 13.2 Å². The third-order valence-corrected chi connectivity index (χ3v) is 6.69. The maximum atomic E-state index is 13.3. The van der Waals surface area contributed by atoms with Gasteiger partial charge in [-0.15, -0.1) is 0 Å². The van der Waals surface area contributed by atoms with Crippen LogP contribution in [0.5, 0.6) is 0 Å². The molecule has 0 spiro atoms. The Morgan fingerprint density at radius 2 is 1.77 bits per heavy atom. The number of hydrogen-bond acceptors (Lipinski definition) is 2. The largest absolute Gasteiger partial charge is 0.416 e. The van der Waals surface area contributed by atoms with E-state index in [1.54, 1.807) is 12.1 Å². The van der Waals surface area contributed by atoms with Crippen LogP contribution >= 0.6 is 23.2 Å². The molecule has 1 N–H and O–H groups in total. The first kappa shape index (κ1) is 23.4. The van der Waals surface area contributed by atoms with Gasteiger partial charge in [0.05, 0.1) is 15.6 Å². The summed E-state index contributed by atoms with van der Waals surface area (Å²) in [4.78, 5) is 2.35. The first-order valence-corrected chi connectivity index (χ1v) is 11.0. The average Bonchev–Trinajstić information content (AvgIpc) is 2.73. The monoisotopic (exact) mass is 458 g/mol. The average molecular weight is 459 g/mol. The molecule has 1 saturated heterocycles. The molecule has 7 heteroatoms. The van der Waals surface area contributed by atoms with Crippen LogP contribution in [0.2, 0.25) is 10.0 Å². The zero-order valence-electron chi connectivity index (χ0n) is 17.0. The van der Waals surface area contributed by atoms with Crippen molar-refractivity contribution in [1.82, 2.24) is 10.2 Å². The summed E-state index contributed by atoms with van der Waals surface area (Å²) in [5.74, 6) is 0.260. The molecule has 1 aliphatic rings. The second-order valence-corrected chi connectivity index (χ2v) is 8.73. The highest BCUT2D eigenvalue weighted by Crippen LogP contribution is 2.38. The smallest absolute Gasteiger partial charge is 0.319 e. The number of hydrogen-bond donors (Lipinski definition) is 1. The van der Waals surface area contributed by atoms with Crippen LogP contribution < -0.4 is 5.32 Å². The van der Waals surface area contributed by atoms with Crippen molar-refractivity contribution in [3.63, 3.8) is 0 Å². The summed E-state index contributed by atoms with van der Waals surface area (Å²) < 4.78 is 40.0. The Labute approximate surface area is 186 Å². The molecule has 1 unspecified atom stereocenters. The summed E-state index contributed by atoms with van der Waals surface area (Å²) in [5.41, 5.74) is 1.10. The van der Waals surface area contributed by atoms with Gasteiger partial charge in [0.25, 0.3) is 0 Å². The lowest BCUT2D eigenvalue weighted by Gasteiger charge is -2.34. The van der Waals surface area contributed by atoms with E-state index in [0.717, 1.165) is 51.0 Å². The lowest BCUT2D eigenvalue weighted by molar-refractivity contribution is -0.138. The molecule has 0 amide bonds. The lowest BCUT2D eigenvalue weighted by atomic mass is 9.86. The van der Waals surface area contributed by atoms with Crippen molar-refractivity contribution in [2.24, 2.45) is 0 Å². The van der Waals surface area contributed by atoms with Crippen molar-refractivity contribution >= 4 is 23.2 Å². The predicted molar refractivity (Wildman–Crippen MR) is 118 cm³/mol. The Hall–Kier alpha value is -1.27. The Balaban J connectivity index is 1.58. The molecule has 2 nitrogen and oxygen atoms in total. The first-order valence-electron chi connectivity index (χ1n) is 10.3. The SMILES string of the molecule is CNCC(CCN1CCC(c2ccccc2C(F)(F)F)CC1)c1ccc(Cl)c(Cl)c1. The van der Waals surface area contributed by atoms with Crippen molar-refractivity contribution in [3.8, 4) is 0 Å². The minimum absolute atomic E-state index is 0.0396. The van der Waals surface area contributed by atoms with Gasteiger partial charge < -0.3 is 10.2 Å². The van der Waals surface area contributed by atoms with Crippen LogP contribution in [0.1, 0.15) is 47.8 Å². The van der Waals surface area contributed by atoms with Gasteiger partial charge in [-0.05, 0) is 87.1 Å². The van der Waals surface area contributed by atoms with E-state index in [0.29, 0.717) is 21.5 Å². The predicted octanol–water partition coefficient (Wildman–Crippen LogP) is 6.58. The normalized spacial score (nSPS) is 17.3. The fourth-order valence-electron chi connectivity index (χ4n) is 4.32. The van der Waals surface area contributed by atoms with Gasteiger partial charge in [0.15, 0.2) is 0 Å². The van der Waals surface area contributed by atoms with Gasteiger partial charge >= 0.3 is 6.18 Å². The van der Waals surface area contributed by atoms with Crippen LogP contribution in [0, 0.1) is 0 Å². The van der Waals surface area contributed by atoms with Gasteiger partial charge in [0.2, 0.25) is 0 Å². The van der Waals surface area contributed by atoms with Crippen LogP contribution in [0.3, 0.4) is 0 Å². The highest BCUT2D eigenvalue weighted by atomic mass is 35.5. The quantitative estimate of drug-likeness (QED) is 0.503. The Morgan fingerprint density at radius 3 is 2.40 bits per heavy atom. The fraction of sp³-hybridized carbons (Fsp3) is 0.478. The molecule has 0 aliphatic carbocycles. The fourth-order valence-corrected chi connectivity index (χ4v) is 4.62. The van der Waals surface area contributed by atoms with Crippen molar-refractivity contribution in [2.75, 3.05) is 33.2 Å². The Morgan fingerprint density at radius 1 is 1.07 bits per heavy atom. The van der Waals surface area contributed by atoms with E-state index in [1.807, 2.05) is 25.2 Å². The maximum Gasteiger partial charge on any atom is 0.416 e. The molecule has 30 heavy (non-hydrogen) atoms. The van der Waals surface area contributed by atoms with Crippen molar-refractivity contribution in [3.05, 3.63) is 69.2 Å². The number of alkyl halides is 3. The molecule has 164 valence electrons. The van der Waals surface area contributed by atoms with Crippen LogP contribution in [-0.2, 0) is 6.18 Å². The van der Waals surface area contributed by atoms with Crippen molar-refractivity contribution in [1.29, 1.82) is 0 Å². The van der Waals surface area contributed by atoms with Crippen LogP contribution in [0.25, 0.3) is 0 Å². The molecule has 0 aromatic heterocycles. The van der Waals surface area contributed by atoms with E-state index in [9.17, 15) is 13.2 Å². The van der Waals surface area contributed by atoms with Crippen LogP contribution in [0.4, 0.5) is 13.2 Å². The molecule has 0 radical (unpaired) electrons. The second kappa shape index (κ2) is 10.4. The number of nitrogens with one attached hydrogen (secondary N) is 1. The molecular weight excluding hydrogens is 432 g/mol. The number of halogens is 5. The molecule has 0 bridgehead atoms. The van der Waals surface area contributed by atoms with Gasteiger partial charge in [-0.1, -0.05) is 47.5 Å². The highest BCUT2D eigenvalue weighted by molar-refractivity contribution is 6.42. The van der Waals surface area contributed by atoms with Crippen LogP contribution in [-0.4, -0.2) is 38.1 Å². The second-order valence-electron chi connectivity index (χ2n) is 7.92. The summed E-state index contributed by atoms with van der Waals surface area (Å²) in [6.07, 6.45) is -1.86. The summed E-state index contributed by atoms with van der Waals surface area (Å²) in [6.45, 7) is 3.35. The molecule has 1 fully saturated rings. The standard InChI is InChI=1S/C23H27Cl2F3N2/c1-29-15-18(17-6-7-21(24)22(25)14-17)10-13-30-11-8-16(9-12-30)19-4-2-3-5-20(19)23(26,27)28/h2-7,14,16,18,29H,8-13,15H2,1H3. The Kier molecular flexibility index (Phi) is 8.08. The Bertz CT molecular complexity index is 833. The van der Waals surface area contributed by atoms with E-state index in [1.165, 1.54) is 12.1 Å². The first-order chi connectivity index (χ1) is 14.3. The van der Waals surface area contributed by atoms with Gasteiger partial charge in [0.1, 0.15) is 0 Å². The van der Waals surface area contributed by atoms with E-state index < -0.39 is 11.7 Å². The molecule has 1 atom stereocenters. The molecule has 0 saturated carbocycles. The molecule has 2 aromatic rings. The number of rotatable bonds is 7. The minimum Gasteiger partial charge on any atom is -0.319 e. The molecule has 3 rings (SSSR count). The number of likely N-dealkylation sites (N-methyl/N-ethyl adjacent to an activating group) is 1. The maximum absolute atomic E-state index is 13.3. The van der Waals surface area contributed by atoms with Crippen LogP contribution in [0.15, 0.2) is 42.5 Å². The molecular formula is C23H27Cl2F3N2. The zero-order chi connectivity index (χ0) is 21.7. The molecule has 1 heterocycles. The third kappa shape index (κ3) is 5.91. The van der Waals surface area contributed by atoms with Gasteiger partial charge in [-0.2, -0.15) is 13.2 Å². The number of nitrogens with zero attached hydrogens (tertiary/aromatic N) is 1. The van der Waals surface area contributed by atoms with E-state index in [-0.39, 0.29) is 5.92 Å². The lowest BCUT2D eigenvalue weighted by Crippen LogP contribution is -2.35. The zero-order valence-corrected chi connectivity index (χ0v) is 18.5. The third-order valence-electron chi connectivity index (χ3n) is 5.95. The highest BCUT2D eigenvalue weighted by Gasteiger charge is 2.35. The van der Waals surface area contributed by atoms with Gasteiger partial charge in [0, 0.05) is 6.54 Å². The van der Waals surface area contributed by atoms with E-state index in [4.69, 9.17) is 23.2 Å². The summed E-state index contributed by atoms with van der Waals surface area (Å²) in [6, 6.07) is 11.8. The van der Waals surface area contributed by atoms with E-state index in [2.05, 4.69) is 10.2 Å². The molecule has 2 aromatic carbocycles. The summed E-state index contributed by atoms with van der Waals surface area (Å²) in [7, 11) is 1.92. The number of likely N-dealkylation sites (tertiary alicyclic amines) is 1. The van der Waals surface area contributed by atoms with Gasteiger partial charge in [-0.3, -0.25) is 0 Å². The summed E-state index contributed by atoms with van der Waals surface area (Å²) >= 11 is 12.2.